The van der Waals surface area contributed by atoms with Crippen LogP contribution in [-0.2, 0) is 6.54 Å². The second-order valence-corrected chi connectivity index (χ2v) is 5.82. The Morgan fingerprint density at radius 2 is 2.00 bits per heavy atom. The van der Waals surface area contributed by atoms with Crippen molar-refractivity contribution < 1.29 is 8.91 Å². The Hall–Kier alpha value is -3.48. The quantitative estimate of drug-likeness (QED) is 0.555. The summed E-state index contributed by atoms with van der Waals surface area (Å²) in [6.07, 6.45) is 3.39. The first-order valence-electron chi connectivity index (χ1n) is 8.12. The van der Waals surface area contributed by atoms with E-state index in [1.165, 1.54) is 0 Å². The first-order chi connectivity index (χ1) is 12.7. The van der Waals surface area contributed by atoms with Crippen LogP contribution >= 0.6 is 0 Å². The molecule has 130 valence electrons. The van der Waals surface area contributed by atoms with E-state index in [1.807, 2.05) is 37.3 Å². The van der Waals surface area contributed by atoms with Crippen LogP contribution in [0.15, 0.2) is 59.4 Å². The van der Waals surface area contributed by atoms with Crippen LogP contribution < -0.4 is 10.6 Å². The highest BCUT2D eigenvalue weighted by molar-refractivity contribution is 5.92. The molecule has 0 spiro atoms. The average Bonchev–Trinajstić information content (AvgIpc) is 3.07. The molecule has 0 atom stereocenters. The molecule has 0 aliphatic heterocycles. The highest BCUT2D eigenvalue weighted by atomic mass is 19.1. The maximum Gasteiger partial charge on any atom is 0.206 e. The van der Waals surface area contributed by atoms with E-state index in [9.17, 15) is 4.39 Å². The van der Waals surface area contributed by atoms with Crippen LogP contribution in [0.25, 0.3) is 11.0 Å². The molecule has 0 amide bonds. The number of hydrogen-bond acceptors (Lipinski definition) is 6. The van der Waals surface area contributed by atoms with Crippen LogP contribution in [0.5, 0.6) is 0 Å². The number of halogens is 1. The highest BCUT2D eigenvalue weighted by Gasteiger charge is 2.16. The Labute approximate surface area is 149 Å². The monoisotopic (exact) mass is 349 g/mol. The summed E-state index contributed by atoms with van der Waals surface area (Å²) in [5, 5.41) is 10.6. The maximum absolute atomic E-state index is 14.7. The lowest BCUT2D eigenvalue weighted by molar-refractivity contribution is 0.444. The molecule has 3 aromatic heterocycles. The molecule has 0 fully saturated rings. The largest absolute Gasteiger partial charge is 0.377 e. The van der Waals surface area contributed by atoms with E-state index >= 15 is 0 Å². The molecule has 0 unspecified atom stereocenters. The molecule has 4 rings (SSSR count). The number of hydrogen-bond donors (Lipinski definition) is 2. The molecule has 2 N–H and O–H groups in total. The fourth-order valence-corrected chi connectivity index (χ4v) is 2.57. The van der Waals surface area contributed by atoms with Crippen molar-refractivity contribution in [3.8, 4) is 0 Å². The third-order valence-electron chi connectivity index (χ3n) is 3.94. The van der Waals surface area contributed by atoms with Gasteiger partial charge in [-0.25, -0.2) is 4.39 Å². The fourth-order valence-electron chi connectivity index (χ4n) is 2.57. The number of fused-ring (bicyclic) bond motifs is 1. The summed E-state index contributed by atoms with van der Waals surface area (Å²) in [4.78, 5) is 8.42. The van der Waals surface area contributed by atoms with Gasteiger partial charge in [-0.05, 0) is 43.3 Å². The molecule has 6 nitrogen and oxygen atoms in total. The van der Waals surface area contributed by atoms with Crippen molar-refractivity contribution >= 4 is 28.2 Å². The summed E-state index contributed by atoms with van der Waals surface area (Å²) < 4.78 is 19.9. The number of aromatic nitrogens is 3. The first-order valence-corrected chi connectivity index (χ1v) is 8.12. The zero-order chi connectivity index (χ0) is 17.9. The minimum atomic E-state index is -0.485. The number of nitrogens with one attached hydrogen (secondary N) is 2. The molecule has 0 saturated carbocycles. The molecule has 0 aliphatic carbocycles. The number of anilines is 3. The molecule has 0 saturated heterocycles. The molecule has 0 radical (unpaired) electrons. The molecule has 0 bridgehead atoms. The van der Waals surface area contributed by atoms with Crippen LogP contribution in [0.3, 0.4) is 0 Å². The number of benzene rings is 1. The lowest BCUT2D eigenvalue weighted by Gasteiger charge is -2.07. The Balaban J connectivity index is 1.57. The van der Waals surface area contributed by atoms with Crippen LogP contribution in [-0.4, -0.2) is 15.1 Å². The second kappa shape index (κ2) is 6.79. The minimum absolute atomic E-state index is 0.0959. The third-order valence-corrected chi connectivity index (χ3v) is 3.94. The average molecular weight is 349 g/mol. The van der Waals surface area contributed by atoms with Crippen molar-refractivity contribution in [1.82, 2.24) is 15.1 Å². The van der Waals surface area contributed by atoms with Crippen molar-refractivity contribution in [1.29, 1.82) is 0 Å². The Morgan fingerprint density at radius 3 is 2.77 bits per heavy atom. The molecule has 0 aliphatic rings. The smallest absolute Gasteiger partial charge is 0.206 e. The predicted octanol–water partition coefficient (Wildman–Crippen LogP) is 4.42. The van der Waals surface area contributed by atoms with Gasteiger partial charge in [-0.3, -0.25) is 9.97 Å². The molecular formula is C19H16FN5O. The normalized spacial score (nSPS) is 10.8. The zero-order valence-corrected chi connectivity index (χ0v) is 14.0. The molecule has 26 heavy (non-hydrogen) atoms. The van der Waals surface area contributed by atoms with Crippen molar-refractivity contribution in [2.24, 2.45) is 0 Å². The Kier molecular flexibility index (Phi) is 4.18. The van der Waals surface area contributed by atoms with Gasteiger partial charge in [-0.1, -0.05) is 11.2 Å². The topological polar surface area (TPSA) is 75.9 Å². The van der Waals surface area contributed by atoms with E-state index in [4.69, 9.17) is 4.52 Å². The van der Waals surface area contributed by atoms with Crippen LogP contribution in [0.2, 0.25) is 0 Å². The summed E-state index contributed by atoms with van der Waals surface area (Å²) in [5.41, 5.74) is 2.92. The number of nitrogens with zero attached hydrogens (tertiary/aromatic N) is 3. The Morgan fingerprint density at radius 1 is 1.08 bits per heavy atom. The summed E-state index contributed by atoms with van der Waals surface area (Å²) >= 11 is 0. The van der Waals surface area contributed by atoms with Crippen LogP contribution in [0.1, 0.15) is 11.4 Å². The second-order valence-electron chi connectivity index (χ2n) is 5.82. The molecule has 3 heterocycles. The molecule has 4 aromatic rings. The van der Waals surface area contributed by atoms with Gasteiger partial charge in [0.25, 0.3) is 0 Å². The van der Waals surface area contributed by atoms with Gasteiger partial charge < -0.3 is 15.2 Å². The van der Waals surface area contributed by atoms with Gasteiger partial charge in [0, 0.05) is 11.9 Å². The van der Waals surface area contributed by atoms with Crippen molar-refractivity contribution in [3.05, 3.63) is 72.1 Å². The molecular weight excluding hydrogens is 333 g/mol. The molecule has 7 heteroatoms. The van der Waals surface area contributed by atoms with Gasteiger partial charge in [0.1, 0.15) is 0 Å². The van der Waals surface area contributed by atoms with E-state index in [0.717, 1.165) is 17.1 Å². The number of rotatable bonds is 5. The highest BCUT2D eigenvalue weighted by Crippen LogP contribution is 2.31. The predicted molar refractivity (Wildman–Crippen MR) is 97.8 cm³/mol. The summed E-state index contributed by atoms with van der Waals surface area (Å²) in [7, 11) is 0. The van der Waals surface area contributed by atoms with Gasteiger partial charge >= 0.3 is 0 Å². The SMILES string of the molecule is Cc1ccc(Nc2noc3c(F)c(NCc4ccccn4)ccc23)cn1. The summed E-state index contributed by atoms with van der Waals surface area (Å²) in [6.45, 7) is 2.32. The lowest BCUT2D eigenvalue weighted by atomic mass is 10.2. The molecule has 1 aromatic carbocycles. The number of aryl methyl sites for hydroxylation is 1. The first kappa shape index (κ1) is 16.0. The van der Waals surface area contributed by atoms with Gasteiger partial charge in [0.2, 0.25) is 5.58 Å². The lowest BCUT2D eigenvalue weighted by Crippen LogP contribution is -2.03. The maximum atomic E-state index is 14.7. The van der Waals surface area contributed by atoms with E-state index in [-0.39, 0.29) is 5.58 Å². The van der Waals surface area contributed by atoms with E-state index in [1.54, 1.807) is 24.5 Å². The van der Waals surface area contributed by atoms with Gasteiger partial charge in [0.15, 0.2) is 11.6 Å². The van der Waals surface area contributed by atoms with Crippen molar-refractivity contribution in [2.45, 2.75) is 13.5 Å². The van der Waals surface area contributed by atoms with Crippen LogP contribution in [0.4, 0.5) is 21.6 Å². The third kappa shape index (κ3) is 3.19. The van der Waals surface area contributed by atoms with Crippen molar-refractivity contribution in [2.75, 3.05) is 10.6 Å². The zero-order valence-electron chi connectivity index (χ0n) is 14.0. The summed E-state index contributed by atoms with van der Waals surface area (Å²) in [6, 6.07) is 12.8. The Bertz CT molecular complexity index is 1030. The minimum Gasteiger partial charge on any atom is -0.377 e. The number of pyridine rings is 2. The summed E-state index contributed by atoms with van der Waals surface area (Å²) in [5.74, 6) is -0.0400. The van der Waals surface area contributed by atoms with E-state index < -0.39 is 5.82 Å². The van der Waals surface area contributed by atoms with Crippen LogP contribution in [0, 0.1) is 12.7 Å². The van der Waals surface area contributed by atoms with Gasteiger partial charge in [-0.2, -0.15) is 0 Å². The standard InChI is InChI=1S/C19H16FN5O/c1-12-5-6-14(11-22-12)24-19-15-7-8-16(17(20)18(15)26-25-19)23-10-13-4-2-3-9-21-13/h2-9,11,23H,10H2,1H3,(H,24,25). The van der Waals surface area contributed by atoms with E-state index in [2.05, 4.69) is 25.8 Å². The van der Waals surface area contributed by atoms with Gasteiger partial charge in [-0.15, -0.1) is 0 Å². The van der Waals surface area contributed by atoms with Gasteiger partial charge in [0.05, 0.1) is 35.2 Å². The van der Waals surface area contributed by atoms with E-state index in [0.29, 0.717) is 23.4 Å². The van der Waals surface area contributed by atoms with Crippen molar-refractivity contribution in [3.63, 3.8) is 0 Å². The fraction of sp³-hybridized carbons (Fsp3) is 0.105.